The molecule has 0 unspecified atom stereocenters. The Labute approximate surface area is 207 Å². The summed E-state index contributed by atoms with van der Waals surface area (Å²) < 4.78 is 11.3. The summed E-state index contributed by atoms with van der Waals surface area (Å²) in [5.74, 6) is 0.629. The number of carbonyl (C=O) groups is 1. The summed E-state index contributed by atoms with van der Waals surface area (Å²) in [7, 11) is 1.52. The lowest BCUT2D eigenvalue weighted by molar-refractivity contribution is 0.104. The molecule has 5 nitrogen and oxygen atoms in total. The second-order valence-corrected chi connectivity index (χ2v) is 8.45. The molecular weight excluding hydrogens is 471 g/mol. The van der Waals surface area contributed by atoms with Crippen LogP contribution in [0, 0.1) is 18.3 Å². The minimum absolute atomic E-state index is 0.0246. The van der Waals surface area contributed by atoms with Crippen molar-refractivity contribution >= 4 is 46.0 Å². The van der Waals surface area contributed by atoms with Crippen LogP contribution in [0.25, 0.3) is 17.0 Å². The molecule has 0 amide bonds. The van der Waals surface area contributed by atoms with Gasteiger partial charge in [0.05, 0.1) is 12.7 Å². The number of nitrogens with zero attached hydrogens (tertiary/aromatic N) is 1. The van der Waals surface area contributed by atoms with Crippen molar-refractivity contribution in [2.45, 2.75) is 13.5 Å². The van der Waals surface area contributed by atoms with Gasteiger partial charge in [-0.1, -0.05) is 53.5 Å². The van der Waals surface area contributed by atoms with Gasteiger partial charge in [-0.2, -0.15) is 5.26 Å². The molecule has 0 saturated heterocycles. The average Bonchev–Trinajstić information content (AvgIpc) is 3.17. The molecule has 0 spiro atoms. The third-order valence-electron chi connectivity index (χ3n) is 5.38. The molecule has 7 heteroatoms. The molecule has 0 radical (unpaired) electrons. The SMILES string of the molecule is COc1cc(C=C(C#N)C(=O)c2c(C)[nH]c3ccccc23)ccc1OCc1ccc(Cl)cc1Cl. The quantitative estimate of drug-likeness (QED) is 0.169. The van der Waals surface area contributed by atoms with Gasteiger partial charge in [-0.05, 0) is 48.9 Å². The van der Waals surface area contributed by atoms with Gasteiger partial charge < -0.3 is 14.5 Å². The summed E-state index contributed by atoms with van der Waals surface area (Å²) in [5, 5.41) is 11.6. The number of rotatable bonds is 7. The van der Waals surface area contributed by atoms with Crippen LogP contribution in [0.15, 0.2) is 66.2 Å². The smallest absolute Gasteiger partial charge is 0.205 e. The lowest BCUT2D eigenvalue weighted by Crippen LogP contribution is -2.03. The predicted molar refractivity (Wildman–Crippen MR) is 135 cm³/mol. The van der Waals surface area contributed by atoms with Gasteiger partial charge in [-0.15, -0.1) is 0 Å². The summed E-state index contributed by atoms with van der Waals surface area (Å²) in [6.45, 7) is 2.05. The highest BCUT2D eigenvalue weighted by atomic mass is 35.5. The van der Waals surface area contributed by atoms with Gasteiger partial charge >= 0.3 is 0 Å². The Morgan fingerprint density at radius 1 is 1.09 bits per heavy atom. The number of hydrogen-bond donors (Lipinski definition) is 1. The van der Waals surface area contributed by atoms with E-state index in [0.717, 1.165) is 22.2 Å². The highest BCUT2D eigenvalue weighted by Gasteiger charge is 2.20. The van der Waals surface area contributed by atoms with E-state index in [9.17, 15) is 10.1 Å². The van der Waals surface area contributed by atoms with Crippen molar-refractivity contribution in [3.8, 4) is 17.6 Å². The van der Waals surface area contributed by atoms with Gasteiger partial charge in [-0.3, -0.25) is 4.79 Å². The Hall–Kier alpha value is -3.72. The second kappa shape index (κ2) is 10.0. The highest BCUT2D eigenvalue weighted by Crippen LogP contribution is 2.32. The average molecular weight is 491 g/mol. The maximum atomic E-state index is 13.2. The van der Waals surface area contributed by atoms with E-state index in [4.69, 9.17) is 32.7 Å². The molecule has 1 aromatic heterocycles. The molecule has 1 N–H and O–H groups in total. The molecule has 0 aliphatic rings. The Balaban J connectivity index is 1.60. The molecular formula is C27H20Cl2N2O3. The first-order valence-electron chi connectivity index (χ1n) is 10.4. The predicted octanol–water partition coefficient (Wildman–Crippen LogP) is 7.16. The third-order valence-corrected chi connectivity index (χ3v) is 5.97. The van der Waals surface area contributed by atoms with Gasteiger partial charge in [0, 0.05) is 32.2 Å². The second-order valence-electron chi connectivity index (χ2n) is 7.60. The van der Waals surface area contributed by atoms with Crippen molar-refractivity contribution in [3.63, 3.8) is 0 Å². The maximum absolute atomic E-state index is 13.2. The van der Waals surface area contributed by atoms with Crippen molar-refractivity contribution in [2.24, 2.45) is 0 Å². The molecule has 0 aliphatic carbocycles. The number of Topliss-reactive ketones (excluding diaryl/α,β-unsaturated/α-hetero) is 1. The van der Waals surface area contributed by atoms with E-state index in [1.165, 1.54) is 7.11 Å². The number of fused-ring (bicyclic) bond motifs is 1. The van der Waals surface area contributed by atoms with Crippen LogP contribution in [-0.2, 0) is 6.61 Å². The molecule has 4 aromatic rings. The fourth-order valence-electron chi connectivity index (χ4n) is 3.71. The van der Waals surface area contributed by atoms with Crippen LogP contribution in [0.4, 0.5) is 0 Å². The van der Waals surface area contributed by atoms with Gasteiger partial charge in [0.25, 0.3) is 0 Å². The Morgan fingerprint density at radius 3 is 2.62 bits per heavy atom. The first kappa shape index (κ1) is 23.4. The fourth-order valence-corrected chi connectivity index (χ4v) is 4.17. The van der Waals surface area contributed by atoms with Crippen molar-refractivity contribution < 1.29 is 14.3 Å². The first-order valence-corrected chi connectivity index (χ1v) is 11.2. The number of H-pyrrole nitrogens is 1. The number of halogens is 2. The van der Waals surface area contributed by atoms with E-state index in [-0.39, 0.29) is 18.0 Å². The minimum Gasteiger partial charge on any atom is -0.493 e. The zero-order valence-corrected chi connectivity index (χ0v) is 20.0. The fraction of sp³-hybridized carbons (Fsp3) is 0.111. The van der Waals surface area contributed by atoms with Crippen molar-refractivity contribution in [1.82, 2.24) is 4.98 Å². The zero-order chi connectivity index (χ0) is 24.2. The number of ketones is 1. The van der Waals surface area contributed by atoms with E-state index in [2.05, 4.69) is 4.98 Å². The third kappa shape index (κ3) is 4.79. The van der Waals surface area contributed by atoms with E-state index >= 15 is 0 Å². The Bertz CT molecular complexity index is 1460. The topological polar surface area (TPSA) is 75.1 Å². The van der Waals surface area contributed by atoms with Gasteiger partial charge in [0.2, 0.25) is 5.78 Å². The molecule has 170 valence electrons. The van der Waals surface area contributed by atoms with E-state index < -0.39 is 0 Å². The number of nitriles is 1. The standard InChI is InChI=1S/C27H20Cl2N2O3/c1-16-26(21-5-3-4-6-23(21)31-16)27(32)19(14-30)11-17-7-10-24(25(12-17)33-2)34-15-18-8-9-20(28)13-22(18)29/h3-13,31H,15H2,1-2H3. The normalized spacial score (nSPS) is 11.3. The molecule has 1 heterocycles. The molecule has 0 fully saturated rings. The number of nitrogens with one attached hydrogen (secondary N) is 1. The summed E-state index contributed by atoms with van der Waals surface area (Å²) in [5.41, 5.74) is 3.51. The lowest BCUT2D eigenvalue weighted by Gasteiger charge is -2.12. The molecule has 34 heavy (non-hydrogen) atoms. The van der Waals surface area contributed by atoms with Crippen LogP contribution < -0.4 is 9.47 Å². The van der Waals surface area contributed by atoms with Crippen molar-refractivity contribution in [2.75, 3.05) is 7.11 Å². The van der Waals surface area contributed by atoms with Crippen LogP contribution in [0.2, 0.25) is 10.0 Å². The van der Waals surface area contributed by atoms with Gasteiger partial charge in [-0.25, -0.2) is 0 Å². The van der Waals surface area contributed by atoms with Crippen molar-refractivity contribution in [1.29, 1.82) is 5.26 Å². The van der Waals surface area contributed by atoms with Crippen LogP contribution in [0.5, 0.6) is 11.5 Å². The Kier molecular flexibility index (Phi) is 6.93. The van der Waals surface area contributed by atoms with Crippen LogP contribution in [-0.4, -0.2) is 17.9 Å². The minimum atomic E-state index is -0.339. The molecule has 0 saturated carbocycles. The van der Waals surface area contributed by atoms with E-state index in [0.29, 0.717) is 32.7 Å². The number of aryl methyl sites for hydroxylation is 1. The van der Waals surface area contributed by atoms with Crippen LogP contribution in [0.1, 0.15) is 27.2 Å². The van der Waals surface area contributed by atoms with Crippen molar-refractivity contribution in [3.05, 3.63) is 98.7 Å². The number of aromatic amines is 1. The summed E-state index contributed by atoms with van der Waals surface area (Å²) in [6.07, 6.45) is 1.55. The van der Waals surface area contributed by atoms with Gasteiger partial charge in [0.15, 0.2) is 11.5 Å². The number of methoxy groups -OCH3 is 1. The number of ether oxygens (including phenoxy) is 2. The molecule has 0 atom stereocenters. The summed E-state index contributed by atoms with van der Waals surface area (Å²) in [6, 6.07) is 20.0. The van der Waals surface area contributed by atoms with E-state index in [1.54, 1.807) is 42.5 Å². The lowest BCUT2D eigenvalue weighted by atomic mass is 9.99. The van der Waals surface area contributed by atoms with Crippen LogP contribution in [0.3, 0.4) is 0 Å². The molecule has 4 rings (SSSR count). The Morgan fingerprint density at radius 2 is 1.88 bits per heavy atom. The highest BCUT2D eigenvalue weighted by molar-refractivity contribution is 6.35. The molecule has 0 aliphatic heterocycles. The number of hydrogen-bond acceptors (Lipinski definition) is 4. The first-order chi connectivity index (χ1) is 16.4. The number of carbonyl (C=O) groups excluding carboxylic acids is 1. The van der Waals surface area contributed by atoms with E-state index in [1.807, 2.05) is 37.3 Å². The van der Waals surface area contributed by atoms with Crippen LogP contribution >= 0.6 is 23.2 Å². The summed E-state index contributed by atoms with van der Waals surface area (Å²) >= 11 is 12.2. The van der Waals surface area contributed by atoms with Gasteiger partial charge in [0.1, 0.15) is 18.2 Å². The maximum Gasteiger partial charge on any atom is 0.205 e. The number of aromatic nitrogens is 1. The molecule has 0 bridgehead atoms. The number of allylic oxidation sites excluding steroid dienone is 1. The molecule has 3 aromatic carbocycles. The zero-order valence-electron chi connectivity index (χ0n) is 18.5. The largest absolute Gasteiger partial charge is 0.493 e. The summed E-state index contributed by atoms with van der Waals surface area (Å²) in [4.78, 5) is 16.4. The number of para-hydroxylation sites is 1. The monoisotopic (exact) mass is 490 g/mol. The number of benzene rings is 3.